The van der Waals surface area contributed by atoms with Crippen LogP contribution in [0.25, 0.3) is 0 Å². The van der Waals surface area contributed by atoms with Crippen LogP contribution in [0.3, 0.4) is 0 Å². The van der Waals surface area contributed by atoms with E-state index < -0.39 is 0 Å². The van der Waals surface area contributed by atoms with E-state index in [1.165, 1.54) is 11.3 Å². The molecular formula is C24H27N5O3S. The molecule has 3 aromatic rings. The maximum absolute atomic E-state index is 12.9. The van der Waals surface area contributed by atoms with Crippen LogP contribution in [-0.2, 0) is 0 Å². The lowest BCUT2D eigenvalue weighted by Gasteiger charge is -2.31. The molecule has 0 saturated carbocycles. The van der Waals surface area contributed by atoms with E-state index in [-0.39, 0.29) is 17.9 Å². The Morgan fingerprint density at radius 1 is 1.09 bits per heavy atom. The Morgan fingerprint density at radius 2 is 1.88 bits per heavy atom. The number of carbonyl (C=O) groups excluding carboxylic acids is 2. The van der Waals surface area contributed by atoms with Gasteiger partial charge in [0.05, 0.1) is 7.11 Å². The molecule has 8 nitrogen and oxygen atoms in total. The van der Waals surface area contributed by atoms with Crippen LogP contribution in [0.5, 0.6) is 5.75 Å². The number of aryl methyl sites for hydroxylation is 1. The summed E-state index contributed by atoms with van der Waals surface area (Å²) in [5, 5.41) is 15.3. The third-order valence-corrected chi connectivity index (χ3v) is 6.97. The van der Waals surface area contributed by atoms with Crippen molar-refractivity contribution in [3.05, 3.63) is 63.6 Å². The minimum absolute atomic E-state index is 0.0585. The van der Waals surface area contributed by atoms with Gasteiger partial charge < -0.3 is 20.3 Å². The van der Waals surface area contributed by atoms with Crippen molar-refractivity contribution in [1.82, 2.24) is 15.1 Å². The van der Waals surface area contributed by atoms with Crippen molar-refractivity contribution in [3.8, 4) is 5.75 Å². The van der Waals surface area contributed by atoms with Crippen LogP contribution in [-0.4, -0.2) is 47.2 Å². The maximum atomic E-state index is 12.9. The van der Waals surface area contributed by atoms with E-state index in [2.05, 4.69) is 20.8 Å². The van der Waals surface area contributed by atoms with Gasteiger partial charge in [0, 0.05) is 30.4 Å². The highest BCUT2D eigenvalue weighted by atomic mass is 32.1. The Morgan fingerprint density at radius 3 is 2.64 bits per heavy atom. The number of anilines is 2. The first kappa shape index (κ1) is 22.7. The minimum atomic E-state index is -0.302. The maximum Gasteiger partial charge on any atom is 0.321 e. The van der Waals surface area contributed by atoms with E-state index in [0.717, 1.165) is 40.4 Å². The summed E-state index contributed by atoms with van der Waals surface area (Å²) in [5.74, 6) is 0.474. The number of nitrogens with one attached hydrogen (secondary N) is 2. The normalized spacial score (nSPS) is 15.7. The molecule has 0 bridgehead atoms. The number of ether oxygens (including phenoxy) is 1. The van der Waals surface area contributed by atoms with Crippen LogP contribution in [0.1, 0.15) is 44.7 Å². The molecule has 0 spiro atoms. The fourth-order valence-electron chi connectivity index (χ4n) is 3.79. The first-order chi connectivity index (χ1) is 15.9. The van der Waals surface area contributed by atoms with Crippen LogP contribution in [0.2, 0.25) is 0 Å². The summed E-state index contributed by atoms with van der Waals surface area (Å²) < 4.78 is 5.13. The van der Waals surface area contributed by atoms with Crippen molar-refractivity contribution < 1.29 is 14.3 Å². The van der Waals surface area contributed by atoms with Crippen molar-refractivity contribution >= 4 is 34.6 Å². The molecule has 1 fully saturated rings. The highest BCUT2D eigenvalue weighted by Crippen LogP contribution is 2.30. The zero-order valence-corrected chi connectivity index (χ0v) is 19.7. The van der Waals surface area contributed by atoms with Gasteiger partial charge in [-0.1, -0.05) is 23.5 Å². The van der Waals surface area contributed by atoms with Gasteiger partial charge in [-0.3, -0.25) is 4.79 Å². The number of carbonyl (C=O) groups is 2. The number of hydrogen-bond donors (Lipinski definition) is 2. The molecule has 3 amide bonds. The number of amides is 3. The summed E-state index contributed by atoms with van der Waals surface area (Å²) in [7, 11) is 1.59. The molecule has 4 rings (SSSR count). The predicted octanol–water partition coefficient (Wildman–Crippen LogP) is 4.83. The molecule has 0 radical (unpaired) electrons. The Balaban J connectivity index is 1.38. The van der Waals surface area contributed by atoms with Crippen molar-refractivity contribution in [1.29, 1.82) is 0 Å². The van der Waals surface area contributed by atoms with Crippen molar-refractivity contribution in [3.63, 3.8) is 0 Å². The average molecular weight is 466 g/mol. The highest BCUT2D eigenvalue weighted by Gasteiger charge is 2.28. The van der Waals surface area contributed by atoms with E-state index >= 15 is 0 Å². The van der Waals surface area contributed by atoms with Gasteiger partial charge in [-0.05, 0) is 68.1 Å². The van der Waals surface area contributed by atoms with Gasteiger partial charge in [-0.25, -0.2) is 4.79 Å². The van der Waals surface area contributed by atoms with E-state index in [9.17, 15) is 9.59 Å². The van der Waals surface area contributed by atoms with Gasteiger partial charge >= 0.3 is 6.03 Å². The molecule has 2 aromatic carbocycles. The summed E-state index contributed by atoms with van der Waals surface area (Å²) in [6.07, 6.45) is 1.78. The lowest BCUT2D eigenvalue weighted by molar-refractivity contribution is 0.102. The summed E-state index contributed by atoms with van der Waals surface area (Å²) in [4.78, 5) is 27.3. The summed E-state index contributed by atoms with van der Waals surface area (Å²) in [6.45, 7) is 5.27. The molecule has 172 valence electrons. The molecule has 9 heteroatoms. The fraction of sp³-hybridized carbons (Fsp3) is 0.333. The molecule has 0 unspecified atom stereocenters. The fourth-order valence-corrected chi connectivity index (χ4v) is 4.66. The first-order valence-corrected chi connectivity index (χ1v) is 11.7. The molecule has 1 saturated heterocycles. The van der Waals surface area contributed by atoms with E-state index in [4.69, 9.17) is 4.74 Å². The SMILES string of the molecule is COc1ccc(NC(=O)c2nnc([C@H]3CCCN(C(=O)Nc4cccc(C)c4C)C3)s2)cc1. The van der Waals surface area contributed by atoms with Gasteiger partial charge in [0.1, 0.15) is 10.8 Å². The van der Waals surface area contributed by atoms with Crippen molar-refractivity contribution in [2.45, 2.75) is 32.6 Å². The molecule has 1 aromatic heterocycles. The number of nitrogens with zero attached hydrogens (tertiary/aromatic N) is 3. The van der Waals surface area contributed by atoms with E-state index in [1.807, 2.05) is 36.9 Å². The highest BCUT2D eigenvalue weighted by molar-refractivity contribution is 7.13. The Bertz CT molecular complexity index is 1150. The summed E-state index contributed by atoms with van der Waals surface area (Å²) in [6, 6.07) is 12.9. The van der Waals surface area contributed by atoms with Gasteiger partial charge in [0.2, 0.25) is 5.01 Å². The predicted molar refractivity (Wildman–Crippen MR) is 129 cm³/mol. The number of piperidine rings is 1. The van der Waals surface area contributed by atoms with Crippen LogP contribution < -0.4 is 15.4 Å². The number of rotatable bonds is 5. The number of methoxy groups -OCH3 is 1. The second kappa shape index (κ2) is 9.99. The third-order valence-electron chi connectivity index (χ3n) is 5.89. The molecule has 33 heavy (non-hydrogen) atoms. The summed E-state index contributed by atoms with van der Waals surface area (Å²) >= 11 is 1.28. The first-order valence-electron chi connectivity index (χ1n) is 10.9. The second-order valence-corrected chi connectivity index (χ2v) is 9.10. The number of hydrogen-bond acceptors (Lipinski definition) is 6. The number of benzene rings is 2. The zero-order chi connectivity index (χ0) is 23.4. The topological polar surface area (TPSA) is 96.4 Å². The van der Waals surface area contributed by atoms with Crippen LogP contribution in [0.4, 0.5) is 16.2 Å². The van der Waals surface area contributed by atoms with Gasteiger partial charge in [0.25, 0.3) is 5.91 Å². The quantitative estimate of drug-likeness (QED) is 0.563. The number of likely N-dealkylation sites (tertiary alicyclic amines) is 1. The van der Waals surface area contributed by atoms with Crippen molar-refractivity contribution in [2.24, 2.45) is 0 Å². The van der Waals surface area contributed by atoms with Crippen LogP contribution in [0.15, 0.2) is 42.5 Å². The van der Waals surface area contributed by atoms with E-state index in [1.54, 1.807) is 31.4 Å². The smallest absolute Gasteiger partial charge is 0.321 e. The summed E-state index contributed by atoms with van der Waals surface area (Å²) in [5.41, 5.74) is 3.69. The van der Waals surface area contributed by atoms with Crippen molar-refractivity contribution in [2.75, 3.05) is 30.8 Å². The van der Waals surface area contributed by atoms with Crippen LogP contribution >= 0.6 is 11.3 Å². The minimum Gasteiger partial charge on any atom is -0.497 e. The molecule has 1 atom stereocenters. The standard InChI is InChI=1S/C24H27N5O3S/c1-15-6-4-8-20(16(15)2)26-24(31)29-13-5-7-17(14-29)22-27-28-23(33-22)21(30)25-18-9-11-19(32-3)12-10-18/h4,6,8-12,17H,5,7,13-14H2,1-3H3,(H,25,30)(H,26,31)/t17-/m0/s1. The molecule has 1 aliphatic rings. The van der Waals surface area contributed by atoms with Crippen LogP contribution in [0, 0.1) is 13.8 Å². The third kappa shape index (κ3) is 5.31. The second-order valence-electron chi connectivity index (χ2n) is 8.09. The lowest BCUT2D eigenvalue weighted by Crippen LogP contribution is -2.41. The molecule has 2 N–H and O–H groups in total. The van der Waals surface area contributed by atoms with Gasteiger partial charge in [0.15, 0.2) is 0 Å². The average Bonchev–Trinajstić information content (AvgIpc) is 3.33. The molecular weight excluding hydrogens is 438 g/mol. The number of urea groups is 1. The number of aromatic nitrogens is 2. The Kier molecular flexibility index (Phi) is 6.88. The lowest BCUT2D eigenvalue weighted by atomic mass is 9.99. The van der Waals surface area contributed by atoms with Gasteiger partial charge in [-0.15, -0.1) is 10.2 Å². The Labute approximate surface area is 197 Å². The van der Waals surface area contributed by atoms with Gasteiger partial charge in [-0.2, -0.15) is 0 Å². The molecule has 1 aliphatic heterocycles. The zero-order valence-electron chi connectivity index (χ0n) is 18.9. The largest absolute Gasteiger partial charge is 0.497 e. The molecule has 2 heterocycles. The monoisotopic (exact) mass is 465 g/mol. The van der Waals surface area contributed by atoms with E-state index in [0.29, 0.717) is 23.8 Å². The molecule has 0 aliphatic carbocycles. The Hall–Kier alpha value is -3.46.